The van der Waals surface area contributed by atoms with E-state index in [-0.39, 0.29) is 31.1 Å². The number of hydrogen-bond acceptors (Lipinski definition) is 6. The number of carbonyl (C=O) groups is 3. The van der Waals surface area contributed by atoms with Crippen LogP contribution in [-0.4, -0.2) is 37.2 Å². The number of rotatable bonds is 46. The van der Waals surface area contributed by atoms with Crippen LogP contribution in [0.1, 0.15) is 278 Å². The van der Waals surface area contributed by atoms with Crippen molar-refractivity contribution in [3.05, 3.63) is 12.2 Å². The Hall–Kier alpha value is -1.85. The van der Waals surface area contributed by atoms with Gasteiger partial charge in [-0.05, 0) is 44.9 Å². The lowest BCUT2D eigenvalue weighted by molar-refractivity contribution is -0.167. The second kappa shape index (κ2) is 46.8. The molecular weight excluding hydrogens is 709 g/mol. The molecule has 0 aliphatic carbocycles. The topological polar surface area (TPSA) is 78.9 Å². The van der Waals surface area contributed by atoms with Gasteiger partial charge in [0.1, 0.15) is 13.2 Å². The minimum atomic E-state index is -0.763. The summed E-state index contributed by atoms with van der Waals surface area (Å²) in [4.78, 5) is 37.8. The fourth-order valence-electron chi connectivity index (χ4n) is 7.44. The number of allylic oxidation sites excluding steroid dienone is 2. The van der Waals surface area contributed by atoms with E-state index in [0.717, 1.165) is 57.8 Å². The van der Waals surface area contributed by atoms with Crippen LogP contribution in [0.2, 0.25) is 0 Å². The summed E-state index contributed by atoms with van der Waals surface area (Å²) in [5.41, 5.74) is 0. The Kier molecular flexibility index (Phi) is 45.3. The minimum absolute atomic E-state index is 0.0665. The fraction of sp³-hybridized carbons (Fsp3) is 0.902. The predicted molar refractivity (Wildman–Crippen MR) is 243 cm³/mol. The van der Waals surface area contributed by atoms with Gasteiger partial charge in [0, 0.05) is 19.3 Å². The van der Waals surface area contributed by atoms with Crippen molar-refractivity contribution in [2.75, 3.05) is 13.2 Å². The van der Waals surface area contributed by atoms with Crippen molar-refractivity contribution >= 4 is 17.9 Å². The average Bonchev–Trinajstić information content (AvgIpc) is 3.21. The maximum Gasteiger partial charge on any atom is 0.306 e. The third-order valence-corrected chi connectivity index (χ3v) is 11.3. The van der Waals surface area contributed by atoms with Crippen molar-refractivity contribution < 1.29 is 28.6 Å². The van der Waals surface area contributed by atoms with Crippen molar-refractivity contribution in [1.29, 1.82) is 0 Å². The molecule has 1 atom stereocenters. The SMILES string of the molecule is CCCCCCCC/C=C\CCCCCCCCCC(=O)OCC(COC(=O)CCCCCCCCCCCC)OC(=O)CCCCCCCCCCCCCC. The summed E-state index contributed by atoms with van der Waals surface area (Å²) in [5, 5.41) is 0. The Morgan fingerprint density at radius 3 is 0.877 bits per heavy atom. The van der Waals surface area contributed by atoms with Crippen molar-refractivity contribution in [2.45, 2.75) is 284 Å². The van der Waals surface area contributed by atoms with E-state index in [1.807, 2.05) is 0 Å². The second-order valence-electron chi connectivity index (χ2n) is 17.1. The smallest absolute Gasteiger partial charge is 0.306 e. The highest BCUT2D eigenvalue weighted by atomic mass is 16.6. The molecule has 57 heavy (non-hydrogen) atoms. The summed E-state index contributed by atoms with van der Waals surface area (Å²) < 4.78 is 16.8. The number of esters is 3. The maximum absolute atomic E-state index is 12.7. The van der Waals surface area contributed by atoms with Gasteiger partial charge in [0.2, 0.25) is 0 Å². The molecular formula is C51H96O6. The van der Waals surface area contributed by atoms with Crippen LogP contribution in [0, 0.1) is 0 Å². The van der Waals surface area contributed by atoms with Crippen LogP contribution in [-0.2, 0) is 28.6 Å². The van der Waals surface area contributed by atoms with Gasteiger partial charge in [0.15, 0.2) is 6.10 Å². The molecule has 1 unspecified atom stereocenters. The van der Waals surface area contributed by atoms with Crippen LogP contribution >= 0.6 is 0 Å². The minimum Gasteiger partial charge on any atom is -0.462 e. The molecule has 0 saturated heterocycles. The summed E-state index contributed by atoms with van der Waals surface area (Å²) in [5.74, 6) is -0.859. The molecule has 0 fully saturated rings. The van der Waals surface area contributed by atoms with E-state index in [0.29, 0.717) is 19.3 Å². The normalized spacial score (nSPS) is 12.0. The van der Waals surface area contributed by atoms with E-state index in [9.17, 15) is 14.4 Å². The second-order valence-corrected chi connectivity index (χ2v) is 17.1. The lowest BCUT2D eigenvalue weighted by Crippen LogP contribution is -2.30. The Labute approximate surface area is 354 Å². The molecule has 6 nitrogen and oxygen atoms in total. The highest BCUT2D eigenvalue weighted by molar-refractivity contribution is 5.71. The summed E-state index contributed by atoms with van der Waals surface area (Å²) in [6, 6.07) is 0. The van der Waals surface area contributed by atoms with Crippen molar-refractivity contribution in [1.82, 2.24) is 0 Å². The first-order valence-corrected chi connectivity index (χ1v) is 25.2. The Bertz CT molecular complexity index is 885. The standard InChI is InChI=1S/C51H96O6/c1-4-7-10-13-16-19-22-24-25-26-27-28-30-32-35-38-41-44-50(53)56-47-48(46-55-49(52)43-40-37-34-31-21-18-15-12-9-6-3)57-51(54)45-42-39-36-33-29-23-20-17-14-11-8-5-2/h24-25,48H,4-23,26-47H2,1-3H3/b25-24-. The summed E-state index contributed by atoms with van der Waals surface area (Å²) in [6.45, 7) is 6.64. The van der Waals surface area contributed by atoms with Gasteiger partial charge in [-0.1, -0.05) is 226 Å². The maximum atomic E-state index is 12.7. The van der Waals surface area contributed by atoms with E-state index in [4.69, 9.17) is 14.2 Å². The van der Waals surface area contributed by atoms with E-state index >= 15 is 0 Å². The van der Waals surface area contributed by atoms with Crippen LogP contribution in [0.5, 0.6) is 0 Å². The van der Waals surface area contributed by atoms with Gasteiger partial charge < -0.3 is 14.2 Å². The fourth-order valence-corrected chi connectivity index (χ4v) is 7.44. The van der Waals surface area contributed by atoms with Gasteiger partial charge in [-0.25, -0.2) is 0 Å². The van der Waals surface area contributed by atoms with Gasteiger partial charge in [-0.3, -0.25) is 14.4 Å². The molecule has 0 aromatic carbocycles. The van der Waals surface area contributed by atoms with Gasteiger partial charge in [-0.15, -0.1) is 0 Å². The molecule has 6 heteroatoms. The van der Waals surface area contributed by atoms with E-state index in [1.165, 1.54) is 180 Å². The molecule has 0 aliphatic rings. The third kappa shape index (κ3) is 45.1. The van der Waals surface area contributed by atoms with Crippen LogP contribution in [0.15, 0.2) is 12.2 Å². The molecule has 336 valence electrons. The first kappa shape index (κ1) is 55.2. The molecule has 0 amide bonds. The van der Waals surface area contributed by atoms with Gasteiger partial charge >= 0.3 is 17.9 Å². The van der Waals surface area contributed by atoms with Crippen LogP contribution < -0.4 is 0 Å². The molecule has 0 saturated carbocycles. The van der Waals surface area contributed by atoms with E-state index < -0.39 is 6.10 Å². The van der Waals surface area contributed by atoms with E-state index in [1.54, 1.807) is 0 Å². The monoisotopic (exact) mass is 805 g/mol. The zero-order chi connectivity index (χ0) is 41.5. The van der Waals surface area contributed by atoms with E-state index in [2.05, 4.69) is 32.9 Å². The first-order valence-electron chi connectivity index (χ1n) is 25.2. The molecule has 0 aromatic heterocycles. The molecule has 0 radical (unpaired) electrons. The summed E-state index contributed by atoms with van der Waals surface area (Å²) in [7, 11) is 0. The Morgan fingerprint density at radius 2 is 0.579 bits per heavy atom. The predicted octanol–water partition coefficient (Wildman–Crippen LogP) is 16.2. The van der Waals surface area contributed by atoms with Crippen LogP contribution in [0.4, 0.5) is 0 Å². The zero-order valence-corrected chi connectivity index (χ0v) is 38.4. The molecule has 0 spiro atoms. The quantitative estimate of drug-likeness (QED) is 0.0264. The van der Waals surface area contributed by atoms with Crippen LogP contribution in [0.25, 0.3) is 0 Å². The average molecular weight is 805 g/mol. The highest BCUT2D eigenvalue weighted by Gasteiger charge is 2.19. The highest BCUT2D eigenvalue weighted by Crippen LogP contribution is 2.16. The number of ether oxygens (including phenoxy) is 3. The molecule has 0 bridgehead atoms. The van der Waals surface area contributed by atoms with Crippen molar-refractivity contribution in [3.8, 4) is 0 Å². The van der Waals surface area contributed by atoms with Gasteiger partial charge in [0.25, 0.3) is 0 Å². The summed E-state index contributed by atoms with van der Waals surface area (Å²) in [6.07, 6.45) is 50.5. The van der Waals surface area contributed by atoms with Crippen molar-refractivity contribution in [3.63, 3.8) is 0 Å². The number of hydrogen-bond donors (Lipinski definition) is 0. The van der Waals surface area contributed by atoms with Gasteiger partial charge in [0.05, 0.1) is 0 Å². The summed E-state index contributed by atoms with van der Waals surface area (Å²) >= 11 is 0. The zero-order valence-electron chi connectivity index (χ0n) is 38.4. The third-order valence-electron chi connectivity index (χ3n) is 11.3. The lowest BCUT2D eigenvalue weighted by atomic mass is 10.0. The molecule has 0 N–H and O–H groups in total. The molecule has 0 heterocycles. The largest absolute Gasteiger partial charge is 0.462 e. The van der Waals surface area contributed by atoms with Crippen LogP contribution in [0.3, 0.4) is 0 Å². The molecule has 0 rings (SSSR count). The first-order chi connectivity index (χ1) is 28.0. The number of unbranched alkanes of at least 4 members (excludes halogenated alkanes) is 33. The Balaban J connectivity index is 4.29. The van der Waals surface area contributed by atoms with Gasteiger partial charge in [-0.2, -0.15) is 0 Å². The lowest BCUT2D eigenvalue weighted by Gasteiger charge is -2.18. The Morgan fingerprint density at radius 1 is 0.333 bits per heavy atom. The van der Waals surface area contributed by atoms with Crippen molar-refractivity contribution in [2.24, 2.45) is 0 Å². The molecule has 0 aliphatic heterocycles. The number of carbonyl (C=O) groups excluding carboxylic acids is 3. The molecule has 0 aromatic rings.